The molecule has 0 unspecified atom stereocenters. The molecule has 1 aromatic carbocycles. The maximum Gasteiger partial charge on any atom is 0.260 e. The number of anilines is 1. The van der Waals surface area contributed by atoms with Gasteiger partial charge in [-0.1, -0.05) is 12.1 Å². The summed E-state index contributed by atoms with van der Waals surface area (Å²) in [6.07, 6.45) is 2.21. The Bertz CT molecular complexity index is 1020. The van der Waals surface area contributed by atoms with Gasteiger partial charge in [0.2, 0.25) is 11.8 Å². The Kier molecular flexibility index (Phi) is 6.13. The van der Waals surface area contributed by atoms with Gasteiger partial charge in [-0.25, -0.2) is 4.98 Å². The molecule has 1 N–H and O–H groups in total. The lowest BCUT2D eigenvalue weighted by Crippen LogP contribution is -2.32. The van der Waals surface area contributed by atoms with Gasteiger partial charge in [0.05, 0.1) is 17.0 Å². The predicted molar refractivity (Wildman–Crippen MR) is 115 cm³/mol. The van der Waals surface area contributed by atoms with Crippen LogP contribution in [0, 0.1) is 6.92 Å². The van der Waals surface area contributed by atoms with E-state index >= 15 is 0 Å². The molecule has 0 radical (unpaired) electrons. The molecule has 0 spiro atoms. The lowest BCUT2D eigenvalue weighted by molar-refractivity contribution is -0.132. The first-order valence-electron chi connectivity index (χ1n) is 9.89. The number of ether oxygens (including phenoxy) is 1. The third kappa shape index (κ3) is 4.88. The monoisotopic (exact) mass is 425 g/mol. The zero-order chi connectivity index (χ0) is 20.9. The van der Waals surface area contributed by atoms with Gasteiger partial charge in [-0.15, -0.1) is 11.3 Å². The van der Waals surface area contributed by atoms with Crippen LogP contribution in [0.1, 0.15) is 24.3 Å². The number of oxazole rings is 1. The van der Waals surface area contributed by atoms with Crippen LogP contribution in [0.2, 0.25) is 0 Å². The van der Waals surface area contributed by atoms with Crippen molar-refractivity contribution in [1.29, 1.82) is 0 Å². The number of carbonyl (C=O) groups excluding carboxylic acids is 2. The van der Waals surface area contributed by atoms with Crippen LogP contribution in [0.25, 0.3) is 10.8 Å². The summed E-state index contributed by atoms with van der Waals surface area (Å²) in [5, 5.41) is 4.80. The van der Waals surface area contributed by atoms with Crippen molar-refractivity contribution in [2.24, 2.45) is 0 Å². The van der Waals surface area contributed by atoms with Gasteiger partial charge in [-0.3, -0.25) is 9.59 Å². The van der Waals surface area contributed by atoms with Gasteiger partial charge >= 0.3 is 0 Å². The molecule has 1 fully saturated rings. The number of rotatable bonds is 7. The van der Waals surface area contributed by atoms with Crippen molar-refractivity contribution in [3.8, 4) is 16.5 Å². The smallest absolute Gasteiger partial charge is 0.260 e. The molecular formula is C22H23N3O4S. The van der Waals surface area contributed by atoms with E-state index < -0.39 is 0 Å². The van der Waals surface area contributed by atoms with Gasteiger partial charge in [0, 0.05) is 24.8 Å². The van der Waals surface area contributed by atoms with Crippen LogP contribution in [0.4, 0.5) is 5.69 Å². The number of aryl methyl sites for hydroxylation is 1. The van der Waals surface area contributed by atoms with E-state index in [4.69, 9.17) is 9.15 Å². The molecule has 1 aliphatic heterocycles. The SMILES string of the molecule is Cc1oc(-c2cccs2)nc1CC(=O)Nc1cccc(OCC(=O)N2CCCC2)c1. The van der Waals surface area contributed by atoms with Crippen molar-refractivity contribution in [2.75, 3.05) is 25.0 Å². The standard InChI is InChI=1S/C22H23N3O4S/c1-15-18(24-22(29-15)19-8-5-11-30-19)13-20(26)23-16-6-4-7-17(12-16)28-14-21(27)25-9-2-3-10-25/h4-8,11-12H,2-3,9-10,13-14H2,1H3,(H,23,26). The van der Waals surface area contributed by atoms with Crippen molar-refractivity contribution in [2.45, 2.75) is 26.2 Å². The van der Waals surface area contributed by atoms with Crippen molar-refractivity contribution in [1.82, 2.24) is 9.88 Å². The summed E-state index contributed by atoms with van der Waals surface area (Å²) in [6, 6.07) is 10.9. The normalized spacial score (nSPS) is 13.4. The summed E-state index contributed by atoms with van der Waals surface area (Å²) in [6.45, 7) is 3.40. The Morgan fingerprint density at radius 1 is 1.23 bits per heavy atom. The zero-order valence-electron chi connectivity index (χ0n) is 16.7. The van der Waals surface area contributed by atoms with Gasteiger partial charge < -0.3 is 19.4 Å². The van der Waals surface area contributed by atoms with Crippen LogP contribution >= 0.6 is 11.3 Å². The second kappa shape index (κ2) is 9.13. The summed E-state index contributed by atoms with van der Waals surface area (Å²) >= 11 is 1.54. The summed E-state index contributed by atoms with van der Waals surface area (Å²) in [5.41, 5.74) is 1.21. The summed E-state index contributed by atoms with van der Waals surface area (Å²) in [4.78, 5) is 31.8. The minimum absolute atomic E-state index is 0.00102. The van der Waals surface area contributed by atoms with Crippen molar-refractivity contribution >= 4 is 28.8 Å². The minimum atomic E-state index is -0.200. The second-order valence-electron chi connectivity index (χ2n) is 7.13. The molecular weight excluding hydrogens is 402 g/mol. The highest BCUT2D eigenvalue weighted by Crippen LogP contribution is 2.26. The number of thiophene rings is 1. The fourth-order valence-electron chi connectivity index (χ4n) is 3.32. The molecule has 1 saturated heterocycles. The third-order valence-corrected chi connectivity index (χ3v) is 5.75. The van der Waals surface area contributed by atoms with Crippen LogP contribution in [0.5, 0.6) is 5.75 Å². The van der Waals surface area contributed by atoms with Gasteiger partial charge in [-0.05, 0) is 43.3 Å². The molecule has 0 aliphatic carbocycles. The molecule has 4 rings (SSSR count). The fourth-order valence-corrected chi connectivity index (χ4v) is 3.97. The van der Waals surface area contributed by atoms with Crippen LogP contribution in [0.15, 0.2) is 46.2 Å². The Balaban J connectivity index is 1.33. The van der Waals surface area contributed by atoms with E-state index in [0.29, 0.717) is 28.8 Å². The van der Waals surface area contributed by atoms with Crippen molar-refractivity contribution in [3.05, 3.63) is 53.2 Å². The first-order valence-corrected chi connectivity index (χ1v) is 10.8. The Hall–Kier alpha value is -3.13. The highest BCUT2D eigenvalue weighted by Gasteiger charge is 2.18. The van der Waals surface area contributed by atoms with E-state index in [-0.39, 0.29) is 24.8 Å². The molecule has 0 saturated carbocycles. The number of likely N-dealkylation sites (tertiary alicyclic amines) is 1. The highest BCUT2D eigenvalue weighted by molar-refractivity contribution is 7.13. The van der Waals surface area contributed by atoms with E-state index in [9.17, 15) is 9.59 Å². The number of amides is 2. The summed E-state index contributed by atoms with van der Waals surface area (Å²) < 4.78 is 11.3. The quantitative estimate of drug-likeness (QED) is 0.621. The van der Waals surface area contributed by atoms with Gasteiger partial charge in [0.15, 0.2) is 6.61 Å². The number of nitrogens with one attached hydrogen (secondary N) is 1. The Morgan fingerprint density at radius 3 is 2.83 bits per heavy atom. The highest BCUT2D eigenvalue weighted by atomic mass is 32.1. The summed E-state index contributed by atoms with van der Waals surface area (Å²) in [5.74, 6) is 1.49. The largest absolute Gasteiger partial charge is 0.484 e. The Morgan fingerprint density at radius 2 is 2.07 bits per heavy atom. The lowest BCUT2D eigenvalue weighted by Gasteiger charge is -2.15. The first kappa shape index (κ1) is 20.2. The van der Waals surface area contributed by atoms with Crippen LogP contribution in [0.3, 0.4) is 0 Å². The number of hydrogen-bond donors (Lipinski definition) is 1. The number of nitrogens with zero attached hydrogens (tertiary/aromatic N) is 2. The van der Waals surface area contributed by atoms with Crippen molar-refractivity contribution < 1.29 is 18.7 Å². The van der Waals surface area contributed by atoms with E-state index in [1.165, 1.54) is 11.3 Å². The van der Waals surface area contributed by atoms with Crippen LogP contribution in [-0.4, -0.2) is 41.4 Å². The lowest BCUT2D eigenvalue weighted by atomic mass is 10.2. The number of carbonyl (C=O) groups is 2. The molecule has 156 valence electrons. The van der Waals surface area contributed by atoms with E-state index in [1.807, 2.05) is 22.4 Å². The first-order chi connectivity index (χ1) is 14.6. The number of benzene rings is 1. The Labute approximate surface area is 178 Å². The average Bonchev–Trinajstić information content (AvgIpc) is 3.49. The maximum absolute atomic E-state index is 12.5. The van der Waals surface area contributed by atoms with Crippen LogP contribution < -0.4 is 10.1 Å². The molecule has 3 aromatic rings. The third-order valence-electron chi connectivity index (χ3n) is 4.89. The van der Waals surface area contributed by atoms with Gasteiger partial charge in [-0.2, -0.15) is 0 Å². The molecule has 2 aromatic heterocycles. The molecule has 3 heterocycles. The molecule has 30 heavy (non-hydrogen) atoms. The molecule has 0 atom stereocenters. The van der Waals surface area contributed by atoms with Crippen LogP contribution in [-0.2, 0) is 16.0 Å². The fraction of sp³-hybridized carbons (Fsp3) is 0.318. The predicted octanol–water partition coefficient (Wildman–Crippen LogP) is 3.89. The summed E-state index contributed by atoms with van der Waals surface area (Å²) in [7, 11) is 0. The number of hydrogen-bond acceptors (Lipinski definition) is 6. The maximum atomic E-state index is 12.5. The minimum Gasteiger partial charge on any atom is -0.484 e. The van der Waals surface area contributed by atoms with Crippen molar-refractivity contribution in [3.63, 3.8) is 0 Å². The molecule has 8 heteroatoms. The molecule has 7 nitrogen and oxygen atoms in total. The topological polar surface area (TPSA) is 84.7 Å². The second-order valence-corrected chi connectivity index (χ2v) is 8.08. The average molecular weight is 426 g/mol. The van der Waals surface area contributed by atoms with E-state index in [1.54, 1.807) is 31.2 Å². The van der Waals surface area contributed by atoms with E-state index in [2.05, 4.69) is 10.3 Å². The molecule has 2 amide bonds. The van der Waals surface area contributed by atoms with E-state index in [0.717, 1.165) is 30.8 Å². The van der Waals surface area contributed by atoms with Gasteiger partial charge in [0.25, 0.3) is 5.91 Å². The zero-order valence-corrected chi connectivity index (χ0v) is 17.5. The number of aromatic nitrogens is 1. The van der Waals surface area contributed by atoms with Gasteiger partial charge in [0.1, 0.15) is 11.5 Å². The molecule has 0 bridgehead atoms. The molecule has 1 aliphatic rings.